The van der Waals surface area contributed by atoms with E-state index in [1.807, 2.05) is 42.5 Å². The minimum Gasteiger partial charge on any atom is -0.497 e. The van der Waals surface area contributed by atoms with Crippen LogP contribution in [0.3, 0.4) is 0 Å². The molecule has 0 aliphatic rings. The number of halogens is 1. The number of aromatic nitrogens is 1. The number of fused-ring (bicyclic) bond motifs is 1. The van der Waals surface area contributed by atoms with Gasteiger partial charge in [-0.3, -0.25) is 9.59 Å². The summed E-state index contributed by atoms with van der Waals surface area (Å²) in [5.41, 5.74) is 4.05. The molecule has 0 saturated carbocycles. The molecule has 9 heteroatoms. The number of thiazole rings is 1. The second-order valence-electron chi connectivity index (χ2n) is 5.75. The standard InChI is InChI=1S/C19H17BrN4O3S/c1-27-14-6-7-15-16(10-14)28-19(22-15)23-17(25)8-9-18(26)24-21-11-12-2-4-13(20)5-3-12/h2-7,10-11H,8-9H2,1H3,(H,24,26)(H,22,23,25). The molecule has 0 fully saturated rings. The van der Waals surface area contributed by atoms with Crippen LogP contribution in [0.5, 0.6) is 5.75 Å². The van der Waals surface area contributed by atoms with Crippen molar-refractivity contribution in [2.45, 2.75) is 12.8 Å². The van der Waals surface area contributed by atoms with Gasteiger partial charge in [-0.15, -0.1) is 0 Å². The number of nitrogens with one attached hydrogen (secondary N) is 2. The minimum absolute atomic E-state index is 0.0300. The molecule has 1 aromatic heterocycles. The molecule has 2 aromatic carbocycles. The van der Waals surface area contributed by atoms with E-state index in [4.69, 9.17) is 4.74 Å². The summed E-state index contributed by atoms with van der Waals surface area (Å²) >= 11 is 4.70. The zero-order valence-corrected chi connectivity index (χ0v) is 17.3. The van der Waals surface area contributed by atoms with E-state index < -0.39 is 0 Å². The molecule has 1 heterocycles. The number of methoxy groups -OCH3 is 1. The quantitative estimate of drug-likeness (QED) is 0.412. The fourth-order valence-electron chi connectivity index (χ4n) is 2.28. The van der Waals surface area contributed by atoms with Crippen LogP contribution >= 0.6 is 27.3 Å². The molecule has 7 nitrogen and oxygen atoms in total. The lowest BCUT2D eigenvalue weighted by atomic mass is 10.2. The molecule has 3 rings (SSSR count). The van der Waals surface area contributed by atoms with E-state index in [9.17, 15) is 9.59 Å². The van der Waals surface area contributed by atoms with Crippen LogP contribution in [0.4, 0.5) is 5.13 Å². The summed E-state index contributed by atoms with van der Waals surface area (Å²) in [7, 11) is 1.60. The van der Waals surface area contributed by atoms with Gasteiger partial charge in [0.25, 0.3) is 0 Å². The Balaban J connectivity index is 1.45. The molecular weight excluding hydrogens is 444 g/mol. The molecular formula is C19H17BrN4O3S. The number of anilines is 1. The summed E-state index contributed by atoms with van der Waals surface area (Å²) in [6.07, 6.45) is 1.61. The van der Waals surface area contributed by atoms with Crippen LogP contribution in [-0.2, 0) is 9.59 Å². The van der Waals surface area contributed by atoms with Gasteiger partial charge in [-0.05, 0) is 35.9 Å². The Hall–Kier alpha value is -2.78. The van der Waals surface area contributed by atoms with Crippen molar-refractivity contribution in [3.05, 3.63) is 52.5 Å². The molecule has 0 atom stereocenters. The minimum atomic E-state index is -0.336. The van der Waals surface area contributed by atoms with Crippen LogP contribution in [-0.4, -0.2) is 30.1 Å². The Morgan fingerprint density at radius 2 is 1.93 bits per heavy atom. The number of benzene rings is 2. The predicted molar refractivity (Wildman–Crippen MR) is 114 cm³/mol. The number of amides is 2. The number of hydrogen-bond acceptors (Lipinski definition) is 6. The second kappa shape index (κ2) is 9.43. The van der Waals surface area contributed by atoms with Crippen molar-refractivity contribution in [2.75, 3.05) is 12.4 Å². The number of nitrogens with zero attached hydrogens (tertiary/aromatic N) is 2. The molecule has 0 radical (unpaired) electrons. The number of carbonyl (C=O) groups excluding carboxylic acids is 2. The highest BCUT2D eigenvalue weighted by Crippen LogP contribution is 2.29. The number of ether oxygens (including phenoxy) is 1. The molecule has 2 N–H and O–H groups in total. The van der Waals surface area contributed by atoms with Gasteiger partial charge in [0, 0.05) is 17.3 Å². The molecule has 144 valence electrons. The van der Waals surface area contributed by atoms with Crippen molar-refractivity contribution < 1.29 is 14.3 Å². The van der Waals surface area contributed by atoms with Crippen LogP contribution < -0.4 is 15.5 Å². The van der Waals surface area contributed by atoms with Crippen molar-refractivity contribution in [3.63, 3.8) is 0 Å². The van der Waals surface area contributed by atoms with Gasteiger partial charge in [-0.25, -0.2) is 10.4 Å². The third-order valence-corrected chi connectivity index (χ3v) is 5.16. The molecule has 0 saturated heterocycles. The highest BCUT2D eigenvalue weighted by atomic mass is 79.9. The van der Waals surface area contributed by atoms with Gasteiger partial charge >= 0.3 is 0 Å². The highest BCUT2D eigenvalue weighted by Gasteiger charge is 2.10. The Bertz CT molecular complexity index is 1020. The monoisotopic (exact) mass is 460 g/mol. The maximum absolute atomic E-state index is 12.1. The van der Waals surface area contributed by atoms with Gasteiger partial charge in [0.05, 0.1) is 23.5 Å². The van der Waals surface area contributed by atoms with Crippen molar-refractivity contribution in [1.29, 1.82) is 0 Å². The number of hydrazone groups is 1. The topological polar surface area (TPSA) is 92.7 Å². The van der Waals surface area contributed by atoms with Gasteiger partial charge in [0.1, 0.15) is 5.75 Å². The Morgan fingerprint density at radius 1 is 1.18 bits per heavy atom. The van der Waals surface area contributed by atoms with E-state index in [1.54, 1.807) is 13.3 Å². The van der Waals surface area contributed by atoms with Crippen molar-refractivity contribution in [3.8, 4) is 5.75 Å². The van der Waals surface area contributed by atoms with Gasteiger partial charge in [-0.1, -0.05) is 39.4 Å². The van der Waals surface area contributed by atoms with Crippen LogP contribution in [0.2, 0.25) is 0 Å². The van der Waals surface area contributed by atoms with E-state index >= 15 is 0 Å². The highest BCUT2D eigenvalue weighted by molar-refractivity contribution is 9.10. The molecule has 0 aliphatic heterocycles. The Morgan fingerprint density at radius 3 is 2.68 bits per heavy atom. The maximum Gasteiger partial charge on any atom is 0.240 e. The lowest BCUT2D eigenvalue weighted by Crippen LogP contribution is -2.20. The zero-order chi connectivity index (χ0) is 19.9. The number of hydrogen-bond donors (Lipinski definition) is 2. The smallest absolute Gasteiger partial charge is 0.240 e. The van der Waals surface area contributed by atoms with Crippen LogP contribution in [0.25, 0.3) is 10.2 Å². The normalized spacial score (nSPS) is 10.9. The summed E-state index contributed by atoms with van der Waals surface area (Å²) in [5.74, 6) is 0.116. The van der Waals surface area contributed by atoms with Gasteiger partial charge in [0.2, 0.25) is 11.8 Å². The first-order chi connectivity index (χ1) is 13.5. The summed E-state index contributed by atoms with van der Waals surface area (Å²) < 4.78 is 7.05. The molecule has 0 bridgehead atoms. The van der Waals surface area contributed by atoms with Gasteiger partial charge in [-0.2, -0.15) is 5.10 Å². The van der Waals surface area contributed by atoms with Gasteiger partial charge in [0.15, 0.2) is 5.13 Å². The molecule has 28 heavy (non-hydrogen) atoms. The third-order valence-electron chi connectivity index (χ3n) is 3.69. The van der Waals surface area contributed by atoms with Crippen molar-refractivity contribution in [1.82, 2.24) is 10.4 Å². The fourth-order valence-corrected chi connectivity index (χ4v) is 3.45. The average Bonchev–Trinajstić information content (AvgIpc) is 3.09. The van der Waals surface area contributed by atoms with E-state index in [1.165, 1.54) is 11.3 Å². The molecule has 0 spiro atoms. The average molecular weight is 461 g/mol. The first-order valence-corrected chi connectivity index (χ1v) is 9.96. The maximum atomic E-state index is 12.1. The lowest BCUT2D eigenvalue weighted by molar-refractivity contribution is -0.124. The number of rotatable bonds is 7. The van der Waals surface area contributed by atoms with E-state index in [0.717, 1.165) is 26.0 Å². The van der Waals surface area contributed by atoms with E-state index in [-0.39, 0.29) is 24.7 Å². The first kappa shape index (κ1) is 20.0. The summed E-state index contributed by atoms with van der Waals surface area (Å²) in [6, 6.07) is 13.0. The van der Waals surface area contributed by atoms with Gasteiger partial charge < -0.3 is 10.1 Å². The van der Waals surface area contributed by atoms with Crippen molar-refractivity contribution in [2.24, 2.45) is 5.10 Å². The summed E-state index contributed by atoms with van der Waals surface area (Å²) in [5, 5.41) is 7.09. The van der Waals surface area contributed by atoms with E-state index in [0.29, 0.717) is 5.13 Å². The zero-order valence-electron chi connectivity index (χ0n) is 14.9. The predicted octanol–water partition coefficient (Wildman–Crippen LogP) is 3.94. The van der Waals surface area contributed by atoms with Crippen LogP contribution in [0.15, 0.2) is 52.0 Å². The molecule has 0 aliphatic carbocycles. The molecule has 0 unspecified atom stereocenters. The number of carbonyl (C=O) groups is 2. The van der Waals surface area contributed by atoms with Crippen LogP contribution in [0.1, 0.15) is 18.4 Å². The van der Waals surface area contributed by atoms with Crippen molar-refractivity contribution >= 4 is 60.6 Å². The molecule has 3 aromatic rings. The first-order valence-electron chi connectivity index (χ1n) is 8.35. The Labute approximate surface area is 173 Å². The summed E-state index contributed by atoms with van der Waals surface area (Å²) in [4.78, 5) is 28.2. The fraction of sp³-hybridized carbons (Fsp3) is 0.158. The lowest BCUT2D eigenvalue weighted by Gasteiger charge is -2.01. The molecule has 2 amide bonds. The van der Waals surface area contributed by atoms with E-state index in [2.05, 4.69) is 36.8 Å². The Kier molecular flexibility index (Phi) is 6.72. The largest absolute Gasteiger partial charge is 0.497 e. The SMILES string of the molecule is COc1ccc2nc(NC(=O)CCC(=O)NN=Cc3ccc(Br)cc3)sc2c1. The second-order valence-corrected chi connectivity index (χ2v) is 7.69. The van der Waals surface area contributed by atoms with Crippen LogP contribution in [0, 0.1) is 0 Å². The summed E-state index contributed by atoms with van der Waals surface area (Å²) in [6.45, 7) is 0. The third kappa shape index (κ3) is 5.61.